The molecule has 0 amide bonds. The standard InChI is InChI=1S/C13H20N2O2S/c1-2-3-11-12(8-16)18-13(14-11)15-6-9-4-5-10(7-15)17-9/h9-10,16H,2-8H2,1H3. The van der Waals surface area contributed by atoms with Crippen LogP contribution in [0.3, 0.4) is 0 Å². The molecule has 0 saturated carbocycles. The molecule has 1 N–H and O–H groups in total. The Kier molecular flexibility index (Phi) is 3.54. The smallest absolute Gasteiger partial charge is 0.186 e. The van der Waals surface area contributed by atoms with Crippen molar-refractivity contribution >= 4 is 16.5 Å². The lowest BCUT2D eigenvalue weighted by atomic mass is 10.2. The molecule has 18 heavy (non-hydrogen) atoms. The Morgan fingerprint density at radius 3 is 2.72 bits per heavy atom. The summed E-state index contributed by atoms with van der Waals surface area (Å²) in [6.45, 7) is 4.18. The zero-order valence-corrected chi connectivity index (χ0v) is 11.6. The van der Waals surface area contributed by atoms with Crippen LogP contribution in [0.1, 0.15) is 36.8 Å². The number of fused-ring (bicyclic) bond motifs is 2. The van der Waals surface area contributed by atoms with Gasteiger partial charge in [-0.1, -0.05) is 24.7 Å². The molecule has 3 rings (SSSR count). The summed E-state index contributed by atoms with van der Waals surface area (Å²) in [6.07, 6.45) is 5.18. The Morgan fingerprint density at radius 2 is 2.11 bits per heavy atom. The van der Waals surface area contributed by atoms with Gasteiger partial charge >= 0.3 is 0 Å². The van der Waals surface area contributed by atoms with Crippen LogP contribution in [-0.4, -0.2) is 35.4 Å². The molecule has 5 heteroatoms. The summed E-state index contributed by atoms with van der Waals surface area (Å²) >= 11 is 1.65. The van der Waals surface area contributed by atoms with E-state index >= 15 is 0 Å². The lowest BCUT2D eigenvalue weighted by Gasteiger charge is -2.31. The van der Waals surface area contributed by atoms with Gasteiger partial charge in [0.25, 0.3) is 0 Å². The van der Waals surface area contributed by atoms with E-state index in [0.717, 1.165) is 41.6 Å². The molecule has 0 aliphatic carbocycles. The van der Waals surface area contributed by atoms with E-state index in [2.05, 4.69) is 11.8 Å². The zero-order valence-electron chi connectivity index (χ0n) is 10.8. The van der Waals surface area contributed by atoms with Crippen molar-refractivity contribution in [3.8, 4) is 0 Å². The number of rotatable bonds is 4. The third kappa shape index (κ3) is 2.27. The molecule has 1 aromatic rings. The molecule has 3 heterocycles. The highest BCUT2D eigenvalue weighted by molar-refractivity contribution is 7.15. The van der Waals surface area contributed by atoms with Crippen LogP contribution in [0.25, 0.3) is 0 Å². The fourth-order valence-corrected chi connectivity index (χ4v) is 3.82. The van der Waals surface area contributed by atoms with Gasteiger partial charge in [-0.2, -0.15) is 0 Å². The average Bonchev–Trinajstić information content (AvgIpc) is 2.93. The van der Waals surface area contributed by atoms with E-state index in [9.17, 15) is 5.11 Å². The number of ether oxygens (including phenoxy) is 1. The maximum atomic E-state index is 9.40. The fraction of sp³-hybridized carbons (Fsp3) is 0.769. The highest BCUT2D eigenvalue weighted by Crippen LogP contribution is 2.33. The topological polar surface area (TPSA) is 45.6 Å². The van der Waals surface area contributed by atoms with Gasteiger partial charge in [0.2, 0.25) is 0 Å². The van der Waals surface area contributed by atoms with Gasteiger partial charge in [0.15, 0.2) is 5.13 Å². The quantitative estimate of drug-likeness (QED) is 0.906. The van der Waals surface area contributed by atoms with Gasteiger partial charge < -0.3 is 14.7 Å². The van der Waals surface area contributed by atoms with E-state index in [1.165, 1.54) is 12.8 Å². The van der Waals surface area contributed by atoms with E-state index in [4.69, 9.17) is 9.72 Å². The van der Waals surface area contributed by atoms with Crippen LogP contribution in [-0.2, 0) is 17.8 Å². The molecule has 0 radical (unpaired) electrons. The number of morpholine rings is 1. The number of nitrogens with zero attached hydrogens (tertiary/aromatic N) is 2. The number of hydrogen-bond acceptors (Lipinski definition) is 5. The van der Waals surface area contributed by atoms with Gasteiger partial charge in [-0.25, -0.2) is 4.98 Å². The number of aliphatic hydroxyl groups excluding tert-OH is 1. The van der Waals surface area contributed by atoms with Crippen molar-refractivity contribution in [1.82, 2.24) is 4.98 Å². The summed E-state index contributed by atoms with van der Waals surface area (Å²) in [5, 5.41) is 10.5. The minimum Gasteiger partial charge on any atom is -0.391 e. The molecule has 0 spiro atoms. The zero-order chi connectivity index (χ0) is 12.5. The Hall–Kier alpha value is -0.650. The third-order valence-electron chi connectivity index (χ3n) is 3.71. The van der Waals surface area contributed by atoms with Crippen molar-refractivity contribution < 1.29 is 9.84 Å². The molecule has 2 unspecified atom stereocenters. The van der Waals surface area contributed by atoms with Crippen molar-refractivity contribution in [3.05, 3.63) is 10.6 Å². The predicted molar refractivity (Wildman–Crippen MR) is 72.1 cm³/mol. The molecule has 2 aliphatic heterocycles. The summed E-state index contributed by atoms with van der Waals surface area (Å²) in [6, 6.07) is 0. The minimum atomic E-state index is 0.115. The maximum Gasteiger partial charge on any atom is 0.186 e. The number of aryl methyl sites for hydroxylation is 1. The summed E-state index contributed by atoms with van der Waals surface area (Å²) in [5.41, 5.74) is 1.08. The first-order valence-electron chi connectivity index (χ1n) is 6.80. The number of thiazole rings is 1. The van der Waals surface area contributed by atoms with Crippen molar-refractivity contribution in [2.45, 2.75) is 51.4 Å². The first-order valence-corrected chi connectivity index (χ1v) is 7.61. The number of anilines is 1. The van der Waals surface area contributed by atoms with E-state index in [-0.39, 0.29) is 6.61 Å². The molecular formula is C13H20N2O2S. The third-order valence-corrected chi connectivity index (χ3v) is 4.85. The molecule has 1 aromatic heterocycles. The van der Waals surface area contributed by atoms with Crippen LogP contribution in [0.2, 0.25) is 0 Å². The van der Waals surface area contributed by atoms with E-state index in [0.29, 0.717) is 12.2 Å². The molecule has 2 aliphatic rings. The summed E-state index contributed by atoms with van der Waals surface area (Å²) in [7, 11) is 0. The van der Waals surface area contributed by atoms with Gasteiger partial charge in [0, 0.05) is 13.1 Å². The second-order valence-electron chi connectivity index (χ2n) is 5.14. The van der Waals surface area contributed by atoms with Crippen LogP contribution in [0.4, 0.5) is 5.13 Å². The van der Waals surface area contributed by atoms with Crippen molar-refractivity contribution in [2.75, 3.05) is 18.0 Å². The maximum absolute atomic E-state index is 9.40. The molecular weight excluding hydrogens is 248 g/mol. The lowest BCUT2D eigenvalue weighted by Crippen LogP contribution is -2.42. The number of aliphatic hydroxyl groups is 1. The van der Waals surface area contributed by atoms with Crippen LogP contribution >= 0.6 is 11.3 Å². The Labute approximate surface area is 112 Å². The average molecular weight is 268 g/mol. The van der Waals surface area contributed by atoms with Crippen molar-refractivity contribution in [3.63, 3.8) is 0 Å². The highest BCUT2D eigenvalue weighted by Gasteiger charge is 2.34. The largest absolute Gasteiger partial charge is 0.391 e. The van der Waals surface area contributed by atoms with Crippen LogP contribution in [0, 0.1) is 0 Å². The molecule has 2 atom stereocenters. The molecule has 2 saturated heterocycles. The van der Waals surface area contributed by atoms with Gasteiger partial charge in [0.1, 0.15) is 0 Å². The molecule has 4 nitrogen and oxygen atoms in total. The van der Waals surface area contributed by atoms with Gasteiger partial charge in [-0.15, -0.1) is 0 Å². The monoisotopic (exact) mass is 268 g/mol. The first kappa shape index (κ1) is 12.4. The summed E-state index contributed by atoms with van der Waals surface area (Å²) in [5.74, 6) is 0. The van der Waals surface area contributed by atoms with Gasteiger partial charge in [0.05, 0.1) is 29.4 Å². The van der Waals surface area contributed by atoms with Gasteiger partial charge in [-0.3, -0.25) is 0 Å². The van der Waals surface area contributed by atoms with Crippen LogP contribution in [0.5, 0.6) is 0 Å². The Morgan fingerprint density at radius 1 is 1.39 bits per heavy atom. The minimum absolute atomic E-state index is 0.115. The lowest BCUT2D eigenvalue weighted by molar-refractivity contribution is 0.0305. The first-order chi connectivity index (χ1) is 8.80. The number of hydrogen-bond donors (Lipinski definition) is 1. The molecule has 0 aromatic carbocycles. The normalized spacial score (nSPS) is 26.9. The molecule has 2 bridgehead atoms. The SMILES string of the molecule is CCCc1nc(N2CC3CCC(C2)O3)sc1CO. The molecule has 100 valence electrons. The van der Waals surface area contributed by atoms with E-state index in [1.54, 1.807) is 11.3 Å². The summed E-state index contributed by atoms with van der Waals surface area (Å²) < 4.78 is 5.85. The molecule has 2 fully saturated rings. The van der Waals surface area contributed by atoms with Crippen LogP contribution < -0.4 is 4.90 Å². The second kappa shape index (κ2) is 5.15. The van der Waals surface area contributed by atoms with Crippen molar-refractivity contribution in [1.29, 1.82) is 0 Å². The Bertz CT molecular complexity index is 409. The summed E-state index contributed by atoms with van der Waals surface area (Å²) in [4.78, 5) is 8.10. The fourth-order valence-electron chi connectivity index (χ4n) is 2.83. The van der Waals surface area contributed by atoms with Gasteiger partial charge in [-0.05, 0) is 19.3 Å². The van der Waals surface area contributed by atoms with E-state index in [1.807, 2.05) is 0 Å². The Balaban J connectivity index is 1.79. The van der Waals surface area contributed by atoms with Crippen LogP contribution in [0.15, 0.2) is 0 Å². The highest BCUT2D eigenvalue weighted by atomic mass is 32.1. The second-order valence-corrected chi connectivity index (χ2v) is 6.20. The predicted octanol–water partition coefficient (Wildman–Crippen LogP) is 1.96. The van der Waals surface area contributed by atoms with Crippen molar-refractivity contribution in [2.24, 2.45) is 0 Å². The number of aromatic nitrogens is 1. The van der Waals surface area contributed by atoms with E-state index < -0.39 is 0 Å².